The highest BCUT2D eigenvalue weighted by atomic mass is 16.5. The number of esters is 1. The number of carbonyl (C=O) groups excluding carboxylic acids is 3. The van der Waals surface area contributed by atoms with Crippen molar-refractivity contribution < 1.29 is 19.1 Å². The Balaban J connectivity index is 1.73. The molecule has 1 saturated carbocycles. The van der Waals surface area contributed by atoms with E-state index in [1.165, 1.54) is 13.3 Å². The summed E-state index contributed by atoms with van der Waals surface area (Å²) in [5, 5.41) is 5.05. The first-order valence-electron chi connectivity index (χ1n) is 9.31. The van der Waals surface area contributed by atoms with Crippen LogP contribution in [0.5, 0.6) is 0 Å². The Labute approximate surface area is 154 Å². The van der Waals surface area contributed by atoms with Crippen molar-refractivity contribution in [3.8, 4) is 0 Å². The second-order valence-electron chi connectivity index (χ2n) is 6.95. The molecule has 0 saturated heterocycles. The van der Waals surface area contributed by atoms with Crippen LogP contribution in [0.2, 0.25) is 0 Å². The van der Waals surface area contributed by atoms with Gasteiger partial charge in [0, 0.05) is 6.04 Å². The highest BCUT2D eigenvalue weighted by Gasteiger charge is 2.23. The smallest absolute Gasteiger partial charge is 0.321 e. The highest BCUT2D eigenvalue weighted by molar-refractivity contribution is 5.97. The van der Waals surface area contributed by atoms with Crippen molar-refractivity contribution >= 4 is 17.9 Å². The topological polar surface area (TPSA) is 84.5 Å². The standard InChI is InChI=1S/C20H28N2O4/c1-14(16-9-5-3-6-10-16)13-18(23)26-15(2)19(24)22-20(25)21-17-11-7-4-8-12-17/h3,5-6,9-10,14-15,17H,4,7-8,11-13H2,1-2H3,(H2,21,22,24,25)/t14-,15-/m1/s1. The van der Waals surface area contributed by atoms with Gasteiger partial charge in [0.1, 0.15) is 0 Å². The van der Waals surface area contributed by atoms with Crippen LogP contribution in [-0.2, 0) is 14.3 Å². The van der Waals surface area contributed by atoms with E-state index in [0.29, 0.717) is 0 Å². The van der Waals surface area contributed by atoms with Gasteiger partial charge >= 0.3 is 12.0 Å². The largest absolute Gasteiger partial charge is 0.453 e. The fraction of sp³-hybridized carbons (Fsp3) is 0.550. The molecule has 2 N–H and O–H groups in total. The Hall–Kier alpha value is -2.37. The van der Waals surface area contributed by atoms with Crippen molar-refractivity contribution in [2.75, 3.05) is 0 Å². The monoisotopic (exact) mass is 360 g/mol. The molecule has 1 aliphatic rings. The number of nitrogens with one attached hydrogen (secondary N) is 2. The molecule has 1 fully saturated rings. The van der Waals surface area contributed by atoms with E-state index in [4.69, 9.17) is 4.74 Å². The Bertz CT molecular complexity index is 611. The molecule has 2 atom stereocenters. The van der Waals surface area contributed by atoms with Crippen LogP contribution >= 0.6 is 0 Å². The molecular weight excluding hydrogens is 332 g/mol. The minimum Gasteiger partial charge on any atom is -0.453 e. The van der Waals surface area contributed by atoms with Crippen LogP contribution in [0.4, 0.5) is 4.79 Å². The SMILES string of the molecule is C[C@H](CC(=O)O[C@H](C)C(=O)NC(=O)NC1CCCCC1)c1ccccc1. The lowest BCUT2D eigenvalue weighted by molar-refractivity contribution is -0.154. The van der Waals surface area contributed by atoms with Crippen LogP contribution in [-0.4, -0.2) is 30.1 Å². The summed E-state index contributed by atoms with van der Waals surface area (Å²) >= 11 is 0. The zero-order valence-electron chi connectivity index (χ0n) is 15.5. The summed E-state index contributed by atoms with van der Waals surface area (Å²) in [6.45, 7) is 3.40. The van der Waals surface area contributed by atoms with Crippen LogP contribution in [0.15, 0.2) is 30.3 Å². The number of imide groups is 1. The zero-order chi connectivity index (χ0) is 18.9. The average molecular weight is 360 g/mol. The number of rotatable bonds is 6. The summed E-state index contributed by atoms with van der Waals surface area (Å²) in [6.07, 6.45) is 4.40. The second-order valence-corrected chi connectivity index (χ2v) is 6.95. The number of amides is 3. The molecule has 26 heavy (non-hydrogen) atoms. The lowest BCUT2D eigenvalue weighted by atomic mass is 9.96. The third-order valence-electron chi connectivity index (χ3n) is 4.70. The van der Waals surface area contributed by atoms with Crippen molar-refractivity contribution in [1.29, 1.82) is 0 Å². The molecule has 1 aromatic carbocycles. The Morgan fingerprint density at radius 2 is 1.73 bits per heavy atom. The van der Waals surface area contributed by atoms with Gasteiger partial charge in [-0.3, -0.25) is 14.9 Å². The van der Waals surface area contributed by atoms with Gasteiger partial charge in [0.2, 0.25) is 0 Å². The number of benzene rings is 1. The van der Waals surface area contributed by atoms with E-state index in [-0.39, 0.29) is 18.4 Å². The van der Waals surface area contributed by atoms with Gasteiger partial charge in [-0.1, -0.05) is 56.5 Å². The summed E-state index contributed by atoms with van der Waals surface area (Å²) in [5.41, 5.74) is 1.04. The van der Waals surface area contributed by atoms with Gasteiger partial charge in [0.15, 0.2) is 6.10 Å². The quantitative estimate of drug-likeness (QED) is 0.763. The van der Waals surface area contributed by atoms with Crippen molar-refractivity contribution in [3.63, 3.8) is 0 Å². The summed E-state index contributed by atoms with van der Waals surface area (Å²) in [6, 6.07) is 9.23. The molecule has 0 radical (unpaired) electrons. The average Bonchev–Trinajstić information content (AvgIpc) is 2.62. The summed E-state index contributed by atoms with van der Waals surface area (Å²) in [5.74, 6) is -1.08. The molecule has 0 aliphatic heterocycles. The minimum atomic E-state index is -1.01. The first-order chi connectivity index (χ1) is 12.5. The molecule has 0 spiro atoms. The van der Waals surface area contributed by atoms with Crippen LogP contribution in [0.25, 0.3) is 0 Å². The fourth-order valence-electron chi connectivity index (χ4n) is 3.13. The van der Waals surface area contributed by atoms with Gasteiger partial charge < -0.3 is 10.1 Å². The maximum absolute atomic E-state index is 12.0. The van der Waals surface area contributed by atoms with E-state index in [1.54, 1.807) is 0 Å². The zero-order valence-corrected chi connectivity index (χ0v) is 15.5. The van der Waals surface area contributed by atoms with Crippen LogP contribution in [0.1, 0.15) is 63.9 Å². The maximum Gasteiger partial charge on any atom is 0.321 e. The van der Waals surface area contributed by atoms with Gasteiger partial charge in [0.05, 0.1) is 6.42 Å². The Morgan fingerprint density at radius 3 is 2.38 bits per heavy atom. The molecule has 0 unspecified atom stereocenters. The van der Waals surface area contributed by atoms with Gasteiger partial charge in [-0.15, -0.1) is 0 Å². The van der Waals surface area contributed by atoms with Gasteiger partial charge in [-0.2, -0.15) is 0 Å². The van der Waals surface area contributed by atoms with Gasteiger partial charge in [-0.05, 0) is 31.2 Å². The van der Waals surface area contributed by atoms with E-state index in [9.17, 15) is 14.4 Å². The molecule has 1 aromatic rings. The lowest BCUT2D eigenvalue weighted by Crippen LogP contribution is -2.48. The lowest BCUT2D eigenvalue weighted by Gasteiger charge is -2.23. The predicted octanol–water partition coefficient (Wildman–Crippen LogP) is 3.27. The predicted molar refractivity (Wildman–Crippen MR) is 98.6 cm³/mol. The molecule has 0 bridgehead atoms. The van der Waals surface area contributed by atoms with E-state index in [0.717, 1.165) is 31.2 Å². The van der Waals surface area contributed by atoms with Crippen molar-refractivity contribution in [3.05, 3.63) is 35.9 Å². The fourth-order valence-corrected chi connectivity index (χ4v) is 3.13. The van der Waals surface area contributed by atoms with E-state index in [1.807, 2.05) is 37.3 Å². The van der Waals surface area contributed by atoms with E-state index in [2.05, 4.69) is 10.6 Å². The van der Waals surface area contributed by atoms with Gasteiger partial charge in [0.25, 0.3) is 5.91 Å². The number of hydrogen-bond acceptors (Lipinski definition) is 4. The third kappa shape index (κ3) is 6.50. The molecule has 1 aliphatic carbocycles. The number of urea groups is 1. The van der Waals surface area contributed by atoms with Crippen molar-refractivity contribution in [2.24, 2.45) is 0 Å². The minimum absolute atomic E-state index is 0.00596. The second kappa shape index (κ2) is 9.94. The summed E-state index contributed by atoms with van der Waals surface area (Å²) in [4.78, 5) is 36.0. The number of ether oxygens (including phenoxy) is 1. The first kappa shape index (κ1) is 19.9. The molecule has 2 rings (SSSR count). The molecule has 6 heteroatoms. The molecule has 3 amide bonds. The summed E-state index contributed by atoms with van der Waals surface area (Å²) < 4.78 is 5.16. The molecule has 0 heterocycles. The third-order valence-corrected chi connectivity index (χ3v) is 4.70. The summed E-state index contributed by atoms with van der Waals surface area (Å²) in [7, 11) is 0. The molecule has 142 valence electrons. The van der Waals surface area contributed by atoms with Crippen molar-refractivity contribution in [2.45, 2.75) is 70.4 Å². The number of hydrogen-bond donors (Lipinski definition) is 2. The highest BCUT2D eigenvalue weighted by Crippen LogP contribution is 2.19. The first-order valence-corrected chi connectivity index (χ1v) is 9.31. The Morgan fingerprint density at radius 1 is 1.08 bits per heavy atom. The number of carbonyl (C=O) groups is 3. The maximum atomic E-state index is 12.0. The molecule has 0 aromatic heterocycles. The van der Waals surface area contributed by atoms with Crippen LogP contribution < -0.4 is 10.6 Å². The van der Waals surface area contributed by atoms with Gasteiger partial charge in [-0.25, -0.2) is 4.79 Å². The van der Waals surface area contributed by atoms with Crippen LogP contribution in [0, 0.1) is 0 Å². The van der Waals surface area contributed by atoms with E-state index >= 15 is 0 Å². The normalized spacial score (nSPS) is 17.0. The molecule has 6 nitrogen and oxygen atoms in total. The Kier molecular flexibility index (Phi) is 7.63. The van der Waals surface area contributed by atoms with Crippen molar-refractivity contribution in [1.82, 2.24) is 10.6 Å². The van der Waals surface area contributed by atoms with E-state index < -0.39 is 24.0 Å². The molecular formula is C20H28N2O4. The van der Waals surface area contributed by atoms with Crippen LogP contribution in [0.3, 0.4) is 0 Å².